The smallest absolute Gasteiger partial charge is 0.117 e. The third kappa shape index (κ3) is 2.50. The molecule has 0 aliphatic heterocycles. The Labute approximate surface area is 89.1 Å². The third-order valence-electron chi connectivity index (χ3n) is 2.42. The fourth-order valence-electron chi connectivity index (χ4n) is 1.47. The number of rotatable bonds is 4. The minimum absolute atomic E-state index is 0.272. The molecule has 0 fully saturated rings. The maximum Gasteiger partial charge on any atom is 0.117 e. The van der Waals surface area contributed by atoms with Crippen LogP contribution in [0.25, 0.3) is 0 Å². The summed E-state index contributed by atoms with van der Waals surface area (Å²) in [7, 11) is 0. The SMILES string of the molecule is Cc1ccc(CNC(C)c2ccoc2)o1. The minimum atomic E-state index is 0.272. The van der Waals surface area contributed by atoms with Crippen molar-refractivity contribution in [3.8, 4) is 0 Å². The highest BCUT2D eigenvalue weighted by Gasteiger charge is 2.06. The largest absolute Gasteiger partial charge is 0.472 e. The van der Waals surface area contributed by atoms with Gasteiger partial charge in [-0.2, -0.15) is 0 Å². The van der Waals surface area contributed by atoms with Crippen LogP contribution in [0.15, 0.2) is 39.6 Å². The molecule has 2 aromatic heterocycles. The van der Waals surface area contributed by atoms with Crippen molar-refractivity contribution in [1.29, 1.82) is 0 Å². The van der Waals surface area contributed by atoms with Gasteiger partial charge in [0, 0.05) is 11.6 Å². The summed E-state index contributed by atoms with van der Waals surface area (Å²) in [5, 5.41) is 3.36. The van der Waals surface area contributed by atoms with Crippen LogP contribution in [-0.4, -0.2) is 0 Å². The summed E-state index contributed by atoms with van der Waals surface area (Å²) in [4.78, 5) is 0. The summed E-state index contributed by atoms with van der Waals surface area (Å²) in [5.74, 6) is 1.91. The molecule has 1 unspecified atom stereocenters. The Morgan fingerprint density at radius 3 is 2.80 bits per heavy atom. The van der Waals surface area contributed by atoms with Crippen molar-refractivity contribution in [2.75, 3.05) is 0 Å². The summed E-state index contributed by atoms with van der Waals surface area (Å²) < 4.78 is 10.5. The molecule has 0 amide bonds. The van der Waals surface area contributed by atoms with Crippen LogP contribution in [0.1, 0.15) is 30.0 Å². The summed E-state index contributed by atoms with van der Waals surface area (Å²) in [6, 6.07) is 6.20. The van der Waals surface area contributed by atoms with Crippen LogP contribution in [0.5, 0.6) is 0 Å². The zero-order valence-electron chi connectivity index (χ0n) is 8.99. The van der Waals surface area contributed by atoms with E-state index in [1.54, 1.807) is 12.5 Å². The van der Waals surface area contributed by atoms with Crippen molar-refractivity contribution in [2.24, 2.45) is 0 Å². The van der Waals surface area contributed by atoms with Gasteiger partial charge in [-0.3, -0.25) is 0 Å². The molecule has 0 radical (unpaired) electrons. The lowest BCUT2D eigenvalue weighted by molar-refractivity contribution is 0.442. The zero-order chi connectivity index (χ0) is 10.7. The van der Waals surface area contributed by atoms with Crippen molar-refractivity contribution < 1.29 is 8.83 Å². The van der Waals surface area contributed by atoms with Gasteiger partial charge in [0.05, 0.1) is 19.1 Å². The Kier molecular flexibility index (Phi) is 2.92. The van der Waals surface area contributed by atoms with Gasteiger partial charge in [0.15, 0.2) is 0 Å². The molecule has 2 aromatic rings. The first-order valence-corrected chi connectivity index (χ1v) is 5.06. The van der Waals surface area contributed by atoms with Crippen molar-refractivity contribution in [1.82, 2.24) is 5.32 Å². The van der Waals surface area contributed by atoms with Crippen LogP contribution >= 0.6 is 0 Å². The second kappa shape index (κ2) is 4.36. The number of hydrogen-bond donors (Lipinski definition) is 1. The Hall–Kier alpha value is -1.48. The van der Waals surface area contributed by atoms with E-state index in [9.17, 15) is 0 Å². The molecule has 1 atom stereocenters. The van der Waals surface area contributed by atoms with E-state index in [4.69, 9.17) is 8.83 Å². The zero-order valence-corrected chi connectivity index (χ0v) is 8.99. The lowest BCUT2D eigenvalue weighted by Crippen LogP contribution is -2.17. The number of nitrogens with one attached hydrogen (secondary N) is 1. The lowest BCUT2D eigenvalue weighted by Gasteiger charge is -2.09. The molecule has 80 valence electrons. The predicted molar refractivity (Wildman–Crippen MR) is 57.4 cm³/mol. The summed E-state index contributed by atoms with van der Waals surface area (Å²) in [6.45, 7) is 4.78. The Balaban J connectivity index is 1.88. The van der Waals surface area contributed by atoms with Gasteiger partial charge in [0.1, 0.15) is 11.5 Å². The van der Waals surface area contributed by atoms with E-state index in [-0.39, 0.29) is 6.04 Å². The molecule has 15 heavy (non-hydrogen) atoms. The van der Waals surface area contributed by atoms with Crippen LogP contribution in [0.2, 0.25) is 0 Å². The van der Waals surface area contributed by atoms with Crippen LogP contribution in [0.4, 0.5) is 0 Å². The highest BCUT2D eigenvalue weighted by atomic mass is 16.3. The first kappa shape index (κ1) is 10.1. The standard InChI is InChI=1S/C12H15NO2/c1-9-3-4-12(15-9)7-13-10(2)11-5-6-14-8-11/h3-6,8,10,13H,7H2,1-2H3. The molecule has 0 spiro atoms. The second-order valence-electron chi connectivity index (χ2n) is 3.67. The van der Waals surface area contributed by atoms with E-state index in [0.717, 1.165) is 23.6 Å². The fraction of sp³-hybridized carbons (Fsp3) is 0.333. The minimum Gasteiger partial charge on any atom is -0.472 e. The van der Waals surface area contributed by atoms with E-state index in [1.165, 1.54) is 0 Å². The van der Waals surface area contributed by atoms with Crippen LogP contribution < -0.4 is 5.32 Å². The highest BCUT2D eigenvalue weighted by Crippen LogP contribution is 2.13. The molecule has 0 saturated carbocycles. The van der Waals surface area contributed by atoms with E-state index >= 15 is 0 Å². The van der Waals surface area contributed by atoms with Gasteiger partial charge >= 0.3 is 0 Å². The third-order valence-corrected chi connectivity index (χ3v) is 2.42. The van der Waals surface area contributed by atoms with Gasteiger partial charge in [0.2, 0.25) is 0 Å². The molecular weight excluding hydrogens is 190 g/mol. The summed E-state index contributed by atoms with van der Waals surface area (Å²) in [6.07, 6.45) is 3.44. The van der Waals surface area contributed by atoms with Gasteiger partial charge in [-0.25, -0.2) is 0 Å². The monoisotopic (exact) mass is 205 g/mol. The second-order valence-corrected chi connectivity index (χ2v) is 3.67. The molecule has 0 bridgehead atoms. The molecule has 3 nitrogen and oxygen atoms in total. The van der Waals surface area contributed by atoms with E-state index in [2.05, 4.69) is 12.2 Å². The van der Waals surface area contributed by atoms with E-state index < -0.39 is 0 Å². The predicted octanol–water partition coefficient (Wildman–Crippen LogP) is 3.03. The maximum atomic E-state index is 5.47. The first-order chi connectivity index (χ1) is 7.25. The van der Waals surface area contributed by atoms with E-state index in [0.29, 0.717) is 0 Å². The van der Waals surface area contributed by atoms with Gasteiger partial charge < -0.3 is 14.2 Å². The van der Waals surface area contributed by atoms with Crippen molar-refractivity contribution in [2.45, 2.75) is 26.4 Å². The van der Waals surface area contributed by atoms with Crippen molar-refractivity contribution >= 4 is 0 Å². The van der Waals surface area contributed by atoms with Crippen LogP contribution in [0, 0.1) is 6.92 Å². The highest BCUT2D eigenvalue weighted by molar-refractivity contribution is 5.11. The summed E-state index contributed by atoms with van der Waals surface area (Å²) >= 11 is 0. The Morgan fingerprint density at radius 1 is 1.33 bits per heavy atom. The molecule has 2 rings (SSSR count). The van der Waals surface area contributed by atoms with Crippen molar-refractivity contribution in [3.63, 3.8) is 0 Å². The number of furan rings is 2. The van der Waals surface area contributed by atoms with Crippen LogP contribution in [0.3, 0.4) is 0 Å². The summed E-state index contributed by atoms with van der Waals surface area (Å²) in [5.41, 5.74) is 1.15. The topological polar surface area (TPSA) is 38.3 Å². The average Bonchev–Trinajstić information content (AvgIpc) is 2.84. The number of aryl methyl sites for hydroxylation is 1. The molecule has 2 heterocycles. The molecule has 0 aliphatic carbocycles. The van der Waals surface area contributed by atoms with Gasteiger partial charge in [-0.1, -0.05) is 0 Å². The van der Waals surface area contributed by atoms with Gasteiger partial charge in [0.25, 0.3) is 0 Å². The van der Waals surface area contributed by atoms with Gasteiger partial charge in [-0.05, 0) is 32.0 Å². The molecule has 3 heteroatoms. The average molecular weight is 205 g/mol. The lowest BCUT2D eigenvalue weighted by atomic mass is 10.2. The molecule has 1 N–H and O–H groups in total. The number of hydrogen-bond acceptors (Lipinski definition) is 3. The molecule has 0 aliphatic rings. The maximum absolute atomic E-state index is 5.47. The molecular formula is C12H15NO2. The Bertz CT molecular complexity index is 403. The van der Waals surface area contributed by atoms with Crippen molar-refractivity contribution in [3.05, 3.63) is 47.8 Å². The first-order valence-electron chi connectivity index (χ1n) is 5.06. The van der Waals surface area contributed by atoms with E-state index in [1.807, 2.05) is 25.1 Å². The fourth-order valence-corrected chi connectivity index (χ4v) is 1.47. The molecule has 0 aromatic carbocycles. The van der Waals surface area contributed by atoms with Crippen LogP contribution in [-0.2, 0) is 6.54 Å². The van der Waals surface area contributed by atoms with Gasteiger partial charge in [-0.15, -0.1) is 0 Å². The Morgan fingerprint density at radius 2 is 2.20 bits per heavy atom. The molecule has 0 saturated heterocycles. The quantitative estimate of drug-likeness (QED) is 0.833. The normalized spacial score (nSPS) is 12.9.